The number of hydrogen-bond donors (Lipinski definition) is 4. The van der Waals surface area contributed by atoms with Crippen molar-refractivity contribution in [1.29, 1.82) is 0 Å². The van der Waals surface area contributed by atoms with Crippen LogP contribution in [0.15, 0.2) is 42.5 Å². The van der Waals surface area contributed by atoms with E-state index in [4.69, 9.17) is 4.74 Å². The first-order chi connectivity index (χ1) is 16.5. The monoisotopic (exact) mass is 468 g/mol. The van der Waals surface area contributed by atoms with Gasteiger partial charge in [-0.2, -0.15) is 0 Å². The maximum absolute atomic E-state index is 12.1. The molecule has 0 aliphatic carbocycles. The Balaban J connectivity index is 1.29. The highest BCUT2D eigenvalue weighted by Gasteiger charge is 2.20. The molecular formula is C25H32N4O5. The van der Waals surface area contributed by atoms with E-state index in [1.165, 1.54) is 5.56 Å². The quantitative estimate of drug-likeness (QED) is 0.352. The summed E-state index contributed by atoms with van der Waals surface area (Å²) in [4.78, 5) is 40.1. The number of anilines is 1. The molecule has 3 rings (SSSR count). The second kappa shape index (κ2) is 13.2. The summed E-state index contributed by atoms with van der Waals surface area (Å²) >= 11 is 0. The summed E-state index contributed by atoms with van der Waals surface area (Å²) in [5.41, 5.74) is 3.08. The number of unbranched alkanes of at least 4 members (excludes halogenated alkanes) is 1. The third kappa shape index (κ3) is 8.38. The van der Waals surface area contributed by atoms with Crippen LogP contribution in [0.2, 0.25) is 0 Å². The van der Waals surface area contributed by atoms with E-state index in [1.807, 2.05) is 18.2 Å². The Bertz CT molecular complexity index is 967. The Morgan fingerprint density at radius 1 is 1.12 bits per heavy atom. The fourth-order valence-corrected chi connectivity index (χ4v) is 3.71. The maximum Gasteiger partial charge on any atom is 0.408 e. The van der Waals surface area contributed by atoms with Gasteiger partial charge in [-0.05, 0) is 55.7 Å². The van der Waals surface area contributed by atoms with E-state index >= 15 is 0 Å². The number of benzene rings is 1. The molecular weight excluding hydrogens is 436 g/mol. The van der Waals surface area contributed by atoms with Gasteiger partial charge in [0.05, 0.1) is 0 Å². The second-order valence-corrected chi connectivity index (χ2v) is 8.28. The lowest BCUT2D eigenvalue weighted by atomic mass is 10.1. The fraction of sp³-hybridized carbons (Fsp3) is 0.440. The highest BCUT2D eigenvalue weighted by atomic mass is 16.5. The number of carboxylic acid groups (broad SMARTS) is 1. The number of carboxylic acids is 1. The van der Waals surface area contributed by atoms with Crippen molar-refractivity contribution in [1.82, 2.24) is 15.6 Å². The normalized spacial score (nSPS) is 13.2. The first kappa shape index (κ1) is 25.0. The lowest BCUT2D eigenvalue weighted by Crippen LogP contribution is -2.43. The largest absolute Gasteiger partial charge is 0.480 e. The minimum absolute atomic E-state index is 0.0488. The number of ether oxygens (including phenoxy) is 1. The van der Waals surface area contributed by atoms with Crippen molar-refractivity contribution in [3.63, 3.8) is 0 Å². The molecule has 9 nitrogen and oxygen atoms in total. The number of pyridine rings is 1. The third-order valence-electron chi connectivity index (χ3n) is 5.60. The van der Waals surface area contributed by atoms with Crippen LogP contribution in [-0.4, -0.2) is 47.2 Å². The fourth-order valence-electron chi connectivity index (χ4n) is 3.71. The van der Waals surface area contributed by atoms with Gasteiger partial charge in [0.25, 0.3) is 0 Å². The molecule has 182 valence electrons. The number of aliphatic carboxylic acids is 1. The van der Waals surface area contributed by atoms with Gasteiger partial charge in [0.15, 0.2) is 0 Å². The molecule has 1 aliphatic heterocycles. The Kier molecular flexibility index (Phi) is 9.69. The molecule has 2 aromatic rings. The SMILES string of the molecule is O=C(CCCCc1ccc2c(n1)NCCC2)NCC[C@H](NC(=O)OCc1ccccc1)C(=O)O. The zero-order valence-electron chi connectivity index (χ0n) is 19.2. The molecule has 2 heterocycles. The molecule has 1 aromatic carbocycles. The van der Waals surface area contributed by atoms with Gasteiger partial charge in [-0.15, -0.1) is 0 Å². The molecule has 0 unspecified atom stereocenters. The number of aromatic nitrogens is 1. The Labute approximate surface area is 199 Å². The summed E-state index contributed by atoms with van der Waals surface area (Å²) in [5, 5.41) is 17.7. The maximum atomic E-state index is 12.1. The average Bonchev–Trinajstić information content (AvgIpc) is 2.85. The van der Waals surface area contributed by atoms with Crippen LogP contribution >= 0.6 is 0 Å². The first-order valence-corrected chi connectivity index (χ1v) is 11.7. The minimum atomic E-state index is -1.18. The van der Waals surface area contributed by atoms with E-state index in [9.17, 15) is 19.5 Å². The van der Waals surface area contributed by atoms with E-state index in [-0.39, 0.29) is 25.5 Å². The van der Waals surface area contributed by atoms with Crippen molar-refractivity contribution in [2.45, 2.75) is 57.6 Å². The number of rotatable bonds is 12. The third-order valence-corrected chi connectivity index (χ3v) is 5.60. The van der Waals surface area contributed by atoms with Crippen molar-refractivity contribution in [3.8, 4) is 0 Å². The van der Waals surface area contributed by atoms with Gasteiger partial charge in [0, 0.05) is 25.2 Å². The number of aryl methyl sites for hydroxylation is 2. The van der Waals surface area contributed by atoms with Crippen LogP contribution in [0.4, 0.5) is 10.6 Å². The van der Waals surface area contributed by atoms with Crippen LogP contribution < -0.4 is 16.0 Å². The molecule has 0 spiro atoms. The van der Waals surface area contributed by atoms with E-state index in [0.29, 0.717) is 12.8 Å². The highest BCUT2D eigenvalue weighted by molar-refractivity contribution is 5.80. The number of hydrogen-bond acceptors (Lipinski definition) is 6. The van der Waals surface area contributed by atoms with E-state index in [1.54, 1.807) is 12.1 Å². The van der Waals surface area contributed by atoms with Gasteiger partial charge >= 0.3 is 12.1 Å². The molecule has 1 aliphatic rings. The average molecular weight is 469 g/mol. The van der Waals surface area contributed by atoms with Crippen LogP contribution in [0.25, 0.3) is 0 Å². The zero-order chi connectivity index (χ0) is 24.2. The van der Waals surface area contributed by atoms with E-state index in [2.05, 4.69) is 33.1 Å². The van der Waals surface area contributed by atoms with Gasteiger partial charge < -0.3 is 25.8 Å². The number of carbonyl (C=O) groups excluding carboxylic acids is 2. The number of carbonyl (C=O) groups is 3. The van der Waals surface area contributed by atoms with Gasteiger partial charge in [-0.1, -0.05) is 36.4 Å². The van der Waals surface area contributed by atoms with E-state index in [0.717, 1.165) is 49.3 Å². The number of alkyl carbamates (subject to hydrolysis) is 1. The summed E-state index contributed by atoms with van der Waals surface area (Å²) in [7, 11) is 0. The highest BCUT2D eigenvalue weighted by Crippen LogP contribution is 2.20. The lowest BCUT2D eigenvalue weighted by molar-refractivity contribution is -0.139. The summed E-state index contributed by atoms with van der Waals surface area (Å²) in [6, 6.07) is 12.1. The Morgan fingerprint density at radius 3 is 2.74 bits per heavy atom. The van der Waals surface area contributed by atoms with Crippen molar-refractivity contribution in [2.75, 3.05) is 18.4 Å². The topological polar surface area (TPSA) is 130 Å². The molecule has 2 amide bonds. The summed E-state index contributed by atoms with van der Waals surface area (Å²) in [6.07, 6.45) is 4.15. The predicted octanol–water partition coefficient (Wildman–Crippen LogP) is 3.04. The number of nitrogens with one attached hydrogen (secondary N) is 3. The number of nitrogens with zero attached hydrogens (tertiary/aromatic N) is 1. The summed E-state index contributed by atoms with van der Waals surface area (Å²) in [6.45, 7) is 1.15. The summed E-state index contributed by atoms with van der Waals surface area (Å²) < 4.78 is 5.06. The Hall–Kier alpha value is -3.62. The lowest BCUT2D eigenvalue weighted by Gasteiger charge is -2.17. The number of amides is 2. The van der Waals surface area contributed by atoms with Gasteiger partial charge in [-0.25, -0.2) is 14.6 Å². The van der Waals surface area contributed by atoms with Crippen molar-refractivity contribution >= 4 is 23.8 Å². The predicted molar refractivity (Wildman–Crippen MR) is 127 cm³/mol. The molecule has 1 atom stereocenters. The smallest absolute Gasteiger partial charge is 0.408 e. The van der Waals surface area contributed by atoms with Crippen LogP contribution in [0, 0.1) is 0 Å². The molecule has 0 fully saturated rings. The zero-order valence-corrected chi connectivity index (χ0v) is 19.2. The van der Waals surface area contributed by atoms with Crippen LogP contribution in [0.5, 0.6) is 0 Å². The van der Waals surface area contributed by atoms with Crippen molar-refractivity contribution < 1.29 is 24.2 Å². The second-order valence-electron chi connectivity index (χ2n) is 8.28. The van der Waals surface area contributed by atoms with Gasteiger partial charge in [0.1, 0.15) is 18.5 Å². The van der Waals surface area contributed by atoms with Crippen LogP contribution in [0.1, 0.15) is 48.9 Å². The molecule has 0 saturated carbocycles. The molecule has 0 bridgehead atoms. The van der Waals surface area contributed by atoms with Crippen LogP contribution in [0.3, 0.4) is 0 Å². The van der Waals surface area contributed by atoms with Gasteiger partial charge in [-0.3, -0.25) is 4.79 Å². The molecule has 0 radical (unpaired) electrons. The minimum Gasteiger partial charge on any atom is -0.480 e. The molecule has 0 saturated heterocycles. The van der Waals surface area contributed by atoms with Crippen molar-refractivity contribution in [3.05, 3.63) is 59.3 Å². The van der Waals surface area contributed by atoms with Crippen LogP contribution in [-0.2, 0) is 33.8 Å². The molecule has 34 heavy (non-hydrogen) atoms. The Morgan fingerprint density at radius 2 is 1.94 bits per heavy atom. The number of fused-ring (bicyclic) bond motifs is 1. The molecule has 1 aromatic heterocycles. The molecule has 4 N–H and O–H groups in total. The van der Waals surface area contributed by atoms with Crippen molar-refractivity contribution in [2.24, 2.45) is 0 Å². The standard InChI is InChI=1S/C25H32N4O5/c30-22(11-5-4-10-20-13-12-19-9-6-15-27-23(19)28-20)26-16-14-21(24(31)32)29-25(33)34-17-18-7-2-1-3-8-18/h1-3,7-8,12-13,21H,4-6,9-11,14-17H2,(H,26,30)(H,27,28)(H,29,33)(H,31,32)/t21-/m0/s1. The first-order valence-electron chi connectivity index (χ1n) is 11.7. The van der Waals surface area contributed by atoms with E-state index < -0.39 is 18.1 Å². The van der Waals surface area contributed by atoms with Gasteiger partial charge in [0.2, 0.25) is 5.91 Å². The summed E-state index contributed by atoms with van der Waals surface area (Å²) in [5.74, 6) is -0.346. The molecule has 9 heteroatoms.